The van der Waals surface area contributed by atoms with Gasteiger partial charge in [0, 0.05) is 44.3 Å². The zero-order valence-electron chi connectivity index (χ0n) is 28.8. The van der Waals surface area contributed by atoms with Crippen molar-refractivity contribution in [3.05, 3.63) is 94.5 Å². The van der Waals surface area contributed by atoms with Gasteiger partial charge in [0.2, 0.25) is 17.7 Å². The Morgan fingerprint density at radius 3 is 2.39 bits per heavy atom. The molecule has 2 aromatic carbocycles. The van der Waals surface area contributed by atoms with Gasteiger partial charge in [0.1, 0.15) is 29.8 Å². The summed E-state index contributed by atoms with van der Waals surface area (Å²) in [6.07, 6.45) is 7.24. The van der Waals surface area contributed by atoms with Gasteiger partial charge >= 0.3 is 5.97 Å². The largest absolute Gasteiger partial charge is 0.455 e. The van der Waals surface area contributed by atoms with Crippen LogP contribution in [0.25, 0.3) is 0 Å². The molecule has 12 heteroatoms. The summed E-state index contributed by atoms with van der Waals surface area (Å²) < 4.78 is 19.1. The zero-order chi connectivity index (χ0) is 36.0. The summed E-state index contributed by atoms with van der Waals surface area (Å²) in [6, 6.07) is 17.0. The Morgan fingerprint density at radius 1 is 0.941 bits per heavy atom. The highest BCUT2D eigenvalue weighted by atomic mass is 79.9. The van der Waals surface area contributed by atoms with Gasteiger partial charge in [-0.1, -0.05) is 102 Å². The van der Waals surface area contributed by atoms with Crippen LogP contribution in [0.4, 0.5) is 0 Å². The maximum atomic E-state index is 15.0. The lowest BCUT2D eigenvalue weighted by atomic mass is 9.74. The lowest BCUT2D eigenvalue weighted by Crippen LogP contribution is -2.55. The van der Waals surface area contributed by atoms with Gasteiger partial charge in [-0.05, 0) is 36.5 Å². The summed E-state index contributed by atoms with van der Waals surface area (Å²) >= 11 is 3.63. The number of ether oxygens (including phenoxy) is 3. The molecule has 0 saturated carbocycles. The molecule has 7 atom stereocenters. The molecule has 3 amide bonds. The monoisotopic (exact) mass is 763 g/mol. The number of aliphatic hydroxyl groups is 1. The van der Waals surface area contributed by atoms with E-state index in [1.54, 1.807) is 9.80 Å². The Bertz CT molecular complexity index is 1620. The van der Waals surface area contributed by atoms with E-state index in [0.29, 0.717) is 35.9 Å². The number of nitrogens with one attached hydrogen (secondary N) is 1. The van der Waals surface area contributed by atoms with Gasteiger partial charge in [-0.2, -0.15) is 0 Å². The van der Waals surface area contributed by atoms with Crippen LogP contribution in [0.3, 0.4) is 0 Å². The first-order chi connectivity index (χ1) is 24.8. The number of esters is 1. The molecule has 2 saturated heterocycles. The predicted octanol–water partition coefficient (Wildman–Crippen LogP) is 4.21. The topological polar surface area (TPSA) is 135 Å². The van der Waals surface area contributed by atoms with Gasteiger partial charge in [0.05, 0.1) is 18.6 Å². The Morgan fingerprint density at radius 2 is 1.67 bits per heavy atom. The third-order valence-corrected chi connectivity index (χ3v) is 10.9. The second-order valence-electron chi connectivity index (χ2n) is 13.6. The summed E-state index contributed by atoms with van der Waals surface area (Å²) in [7, 11) is 1.52. The number of cyclic esters (lactones) is 1. The molecule has 4 aliphatic rings. The number of halogens is 1. The fraction of sp³-hybridized carbons (Fsp3) is 0.487. The first kappa shape index (κ1) is 36.9. The molecule has 0 unspecified atom stereocenters. The molecule has 0 radical (unpaired) electrons. The molecule has 0 aromatic heterocycles. The van der Waals surface area contributed by atoms with E-state index in [2.05, 4.69) is 21.2 Å². The van der Waals surface area contributed by atoms with Gasteiger partial charge < -0.3 is 34.4 Å². The van der Waals surface area contributed by atoms with Gasteiger partial charge in [0.15, 0.2) is 0 Å². The lowest BCUT2D eigenvalue weighted by molar-refractivity contribution is -0.162. The van der Waals surface area contributed by atoms with Crippen LogP contribution < -0.4 is 5.32 Å². The van der Waals surface area contributed by atoms with E-state index >= 15 is 0 Å². The molecule has 1 spiro atoms. The molecule has 4 heterocycles. The Hall–Kier alpha value is -3.84. The van der Waals surface area contributed by atoms with E-state index < -0.39 is 47.7 Å². The average Bonchev–Trinajstić information content (AvgIpc) is 3.72. The fourth-order valence-electron chi connectivity index (χ4n) is 7.89. The average molecular weight is 765 g/mol. The molecular formula is C39H46BrN3O8. The minimum atomic E-state index is -1.40. The highest BCUT2D eigenvalue weighted by Crippen LogP contribution is 2.59. The number of amides is 3. The van der Waals surface area contributed by atoms with Crippen LogP contribution in [0.15, 0.2) is 83.4 Å². The highest BCUT2D eigenvalue weighted by Gasteiger charge is 2.75. The van der Waals surface area contributed by atoms with Gasteiger partial charge in [0.25, 0.3) is 0 Å². The summed E-state index contributed by atoms with van der Waals surface area (Å²) in [5, 5.41) is 12.3. The number of rotatable bonds is 11. The van der Waals surface area contributed by atoms with Crippen molar-refractivity contribution >= 4 is 39.6 Å². The number of fused-ring (bicyclic) bond motifs is 2. The molecule has 11 nitrogen and oxygen atoms in total. The van der Waals surface area contributed by atoms with E-state index in [0.717, 1.165) is 18.4 Å². The van der Waals surface area contributed by atoms with Crippen LogP contribution in [0.2, 0.25) is 0 Å². The number of unbranched alkanes of at least 4 members (excludes halogenated alkanes) is 3. The van der Waals surface area contributed by atoms with Crippen LogP contribution in [0.5, 0.6) is 0 Å². The number of likely N-dealkylation sites (tertiary alicyclic amines) is 1. The van der Waals surface area contributed by atoms with E-state index in [1.165, 1.54) is 7.11 Å². The molecular weight excluding hydrogens is 718 g/mol. The van der Waals surface area contributed by atoms with Crippen molar-refractivity contribution in [3.63, 3.8) is 0 Å². The van der Waals surface area contributed by atoms with Crippen molar-refractivity contribution in [2.24, 2.45) is 11.8 Å². The zero-order valence-corrected chi connectivity index (χ0v) is 30.4. The molecule has 6 rings (SSSR count). The molecule has 4 aliphatic heterocycles. The summed E-state index contributed by atoms with van der Waals surface area (Å²) in [5.41, 5.74) is 0.178. The lowest BCUT2D eigenvalue weighted by Gasteiger charge is -2.36. The molecule has 51 heavy (non-hydrogen) atoms. The van der Waals surface area contributed by atoms with Crippen LogP contribution in [-0.4, -0.2) is 95.8 Å². The Kier molecular flexibility index (Phi) is 12.1. The molecule has 272 valence electrons. The first-order valence-electron chi connectivity index (χ1n) is 17.8. The minimum Gasteiger partial charge on any atom is -0.455 e. The number of hydrogen-bond donors (Lipinski definition) is 2. The van der Waals surface area contributed by atoms with Crippen molar-refractivity contribution in [3.8, 4) is 0 Å². The van der Waals surface area contributed by atoms with Crippen molar-refractivity contribution in [1.29, 1.82) is 0 Å². The quantitative estimate of drug-likeness (QED) is 0.198. The SMILES string of the molecule is COC[C@@H]1NC(=O)CC/C=C\CN(Cc2ccccc2)C(=O)[C@H]2N(CCCCCCO)C(=O)[C@@H]3[C@@H](C(=O)O[C@H]1c1ccccc1)[C@@H]1O[C@@]32C=C1Br. The number of methoxy groups -OCH3 is 1. The van der Waals surface area contributed by atoms with E-state index in [4.69, 9.17) is 14.2 Å². The van der Waals surface area contributed by atoms with Gasteiger partial charge in [-0.3, -0.25) is 19.2 Å². The van der Waals surface area contributed by atoms with Crippen molar-refractivity contribution in [2.75, 3.05) is 33.4 Å². The van der Waals surface area contributed by atoms with E-state index in [-0.39, 0.29) is 50.4 Å². The molecule has 2 N–H and O–H groups in total. The van der Waals surface area contributed by atoms with Crippen molar-refractivity contribution in [2.45, 2.75) is 75.0 Å². The molecule has 0 aliphatic carbocycles. The second kappa shape index (κ2) is 16.7. The maximum absolute atomic E-state index is 15.0. The number of carbonyl (C=O) groups is 4. The Balaban J connectivity index is 1.42. The maximum Gasteiger partial charge on any atom is 0.313 e. The predicted molar refractivity (Wildman–Crippen MR) is 192 cm³/mol. The number of nitrogens with zero attached hydrogens (tertiary/aromatic N) is 2. The van der Waals surface area contributed by atoms with E-state index in [9.17, 15) is 24.3 Å². The second-order valence-corrected chi connectivity index (χ2v) is 14.5. The standard InChI is InChI=1S/C39H46BrN3O8/c1-49-25-29-33(27-17-9-5-10-18-27)50-38(48)31-32-36(46)43(21-13-2-3-14-22-44)35(39(32)23-28(40)34(31)51-39)37(47)42(24-26-15-7-4-8-16-26)20-12-6-11-19-30(45)41-29/h4-10,12,15-18,23,29,31-35,44H,2-3,11,13-14,19-22,24-25H2,1H3,(H,41,45)/b12-6-/t29-,31+,32-,33-,34+,35+,39-/m0/s1. The van der Waals surface area contributed by atoms with Crippen LogP contribution in [0, 0.1) is 11.8 Å². The van der Waals surface area contributed by atoms with Gasteiger partial charge in [-0.15, -0.1) is 0 Å². The molecule has 2 aromatic rings. The summed E-state index contributed by atoms with van der Waals surface area (Å²) in [4.78, 5) is 60.7. The van der Waals surface area contributed by atoms with Crippen molar-refractivity contribution in [1.82, 2.24) is 15.1 Å². The third kappa shape index (κ3) is 7.69. The van der Waals surface area contributed by atoms with Gasteiger partial charge in [-0.25, -0.2) is 0 Å². The summed E-state index contributed by atoms with van der Waals surface area (Å²) in [5.74, 6) is -3.56. The summed E-state index contributed by atoms with van der Waals surface area (Å²) in [6.45, 7) is 0.992. The molecule has 5 bridgehead atoms. The Labute approximate surface area is 307 Å². The normalized spacial score (nSPS) is 30.2. The smallest absolute Gasteiger partial charge is 0.313 e. The number of aliphatic hydroxyl groups excluding tert-OH is 1. The highest BCUT2D eigenvalue weighted by molar-refractivity contribution is 9.11. The number of carbonyl (C=O) groups excluding carboxylic acids is 4. The van der Waals surface area contributed by atoms with Crippen LogP contribution in [0.1, 0.15) is 55.8 Å². The fourth-order valence-corrected chi connectivity index (χ4v) is 8.62. The number of benzene rings is 2. The first-order valence-corrected chi connectivity index (χ1v) is 18.6. The van der Waals surface area contributed by atoms with Crippen LogP contribution >= 0.6 is 15.9 Å². The third-order valence-electron chi connectivity index (χ3n) is 10.2. The van der Waals surface area contributed by atoms with Crippen LogP contribution in [-0.2, 0) is 39.9 Å². The van der Waals surface area contributed by atoms with Crippen molar-refractivity contribution < 1.29 is 38.5 Å². The number of allylic oxidation sites excluding steroid dienone is 1. The number of hydrogen-bond acceptors (Lipinski definition) is 8. The minimum absolute atomic E-state index is 0.0734. The van der Waals surface area contributed by atoms with E-state index in [1.807, 2.05) is 78.9 Å². The molecule has 2 fully saturated rings.